The average Bonchev–Trinajstić information content (AvgIpc) is 2.86. The minimum Gasteiger partial charge on any atom is -0.452 e. The number of amides is 2. The topological polar surface area (TPSA) is 102 Å². The Balaban J connectivity index is 1.69. The summed E-state index contributed by atoms with van der Waals surface area (Å²) in [5, 5.41) is 5.43. The van der Waals surface area contributed by atoms with Gasteiger partial charge in [0.1, 0.15) is 0 Å². The zero-order valence-electron chi connectivity index (χ0n) is 21.4. The molecular weight excluding hydrogens is 456 g/mol. The first-order chi connectivity index (χ1) is 17.4. The first-order valence-electron chi connectivity index (χ1n) is 12.9. The number of rotatable bonds is 16. The predicted molar refractivity (Wildman–Crippen MR) is 142 cm³/mol. The number of nitrogens with one attached hydrogen (secondary N) is 2. The standard InChI is InChI=1S/C29H38N2O5/c1-3-4-5-6-7-8-9-10-11-15-27(33)31-26-14-12-13-24(20-26)29(35)36-21-28(34)30-25-18-16-23(17-19-25)22(2)32/h12-14,16-20H,3-11,15,21H2,1-2H3,(H,30,34)(H,31,33). The van der Waals surface area contributed by atoms with Gasteiger partial charge in [0, 0.05) is 23.4 Å². The second-order valence-corrected chi connectivity index (χ2v) is 8.97. The van der Waals surface area contributed by atoms with E-state index in [2.05, 4.69) is 17.6 Å². The number of carbonyl (C=O) groups is 4. The molecule has 0 aliphatic heterocycles. The second kappa shape index (κ2) is 16.2. The molecule has 0 fully saturated rings. The summed E-state index contributed by atoms with van der Waals surface area (Å²) in [6.07, 6.45) is 11.2. The van der Waals surface area contributed by atoms with Crippen molar-refractivity contribution in [2.24, 2.45) is 0 Å². The molecule has 0 saturated heterocycles. The molecule has 2 aromatic rings. The number of hydrogen-bond donors (Lipinski definition) is 2. The van der Waals surface area contributed by atoms with Gasteiger partial charge < -0.3 is 15.4 Å². The van der Waals surface area contributed by atoms with Gasteiger partial charge in [-0.3, -0.25) is 14.4 Å². The summed E-state index contributed by atoms with van der Waals surface area (Å²) in [5.74, 6) is -1.31. The maximum Gasteiger partial charge on any atom is 0.338 e. The highest BCUT2D eigenvalue weighted by Gasteiger charge is 2.12. The summed E-state index contributed by atoms with van der Waals surface area (Å²) < 4.78 is 5.10. The lowest BCUT2D eigenvalue weighted by Gasteiger charge is -2.09. The molecule has 0 spiro atoms. The Labute approximate surface area is 214 Å². The largest absolute Gasteiger partial charge is 0.452 e. The molecule has 0 unspecified atom stereocenters. The van der Waals surface area contributed by atoms with Crippen LogP contribution < -0.4 is 10.6 Å². The molecular formula is C29H38N2O5. The summed E-state index contributed by atoms with van der Waals surface area (Å²) >= 11 is 0. The summed E-state index contributed by atoms with van der Waals surface area (Å²) in [6.45, 7) is 3.23. The fourth-order valence-corrected chi connectivity index (χ4v) is 3.74. The maximum atomic E-state index is 12.4. The molecule has 2 aromatic carbocycles. The van der Waals surface area contributed by atoms with Crippen LogP contribution in [0, 0.1) is 0 Å². The third-order valence-corrected chi connectivity index (χ3v) is 5.80. The van der Waals surface area contributed by atoms with Gasteiger partial charge >= 0.3 is 5.97 Å². The van der Waals surface area contributed by atoms with E-state index in [-0.39, 0.29) is 17.3 Å². The van der Waals surface area contributed by atoms with Crippen molar-refractivity contribution in [3.8, 4) is 0 Å². The lowest BCUT2D eigenvalue weighted by Crippen LogP contribution is -2.21. The van der Waals surface area contributed by atoms with Gasteiger partial charge in [0.2, 0.25) is 5.91 Å². The summed E-state index contributed by atoms with van der Waals surface area (Å²) in [7, 11) is 0. The van der Waals surface area contributed by atoms with Crippen molar-refractivity contribution in [3.63, 3.8) is 0 Å². The summed E-state index contributed by atoms with van der Waals surface area (Å²) in [5.41, 5.74) is 1.80. The number of ether oxygens (including phenoxy) is 1. The number of esters is 1. The van der Waals surface area contributed by atoms with E-state index >= 15 is 0 Å². The molecule has 0 aliphatic carbocycles. The van der Waals surface area contributed by atoms with Gasteiger partial charge in [0.25, 0.3) is 5.91 Å². The summed E-state index contributed by atoms with van der Waals surface area (Å²) in [4.78, 5) is 48.0. The van der Waals surface area contributed by atoms with Gasteiger partial charge in [-0.25, -0.2) is 4.79 Å². The fraction of sp³-hybridized carbons (Fsp3) is 0.448. The molecule has 2 N–H and O–H groups in total. The molecule has 7 nitrogen and oxygen atoms in total. The van der Waals surface area contributed by atoms with Gasteiger partial charge in [-0.1, -0.05) is 64.4 Å². The highest BCUT2D eigenvalue weighted by atomic mass is 16.5. The lowest BCUT2D eigenvalue weighted by molar-refractivity contribution is -0.119. The molecule has 2 amide bonds. The minimum absolute atomic E-state index is 0.0660. The van der Waals surface area contributed by atoms with Crippen LogP contribution >= 0.6 is 0 Å². The van der Waals surface area contributed by atoms with Crippen LogP contribution in [-0.4, -0.2) is 30.2 Å². The van der Waals surface area contributed by atoms with Gasteiger partial charge in [-0.15, -0.1) is 0 Å². The van der Waals surface area contributed by atoms with Crippen LogP contribution in [0.3, 0.4) is 0 Å². The smallest absolute Gasteiger partial charge is 0.338 e. The molecule has 0 heterocycles. The maximum absolute atomic E-state index is 12.4. The van der Waals surface area contributed by atoms with E-state index < -0.39 is 18.5 Å². The molecule has 0 radical (unpaired) electrons. The predicted octanol–water partition coefficient (Wildman–Crippen LogP) is 6.54. The third-order valence-electron chi connectivity index (χ3n) is 5.80. The van der Waals surface area contributed by atoms with Gasteiger partial charge in [-0.2, -0.15) is 0 Å². The number of ketones is 1. The van der Waals surface area contributed by atoms with E-state index in [1.165, 1.54) is 51.5 Å². The van der Waals surface area contributed by atoms with Crippen molar-refractivity contribution in [3.05, 3.63) is 59.7 Å². The number of unbranched alkanes of at least 4 members (excludes halogenated alkanes) is 8. The highest BCUT2D eigenvalue weighted by Crippen LogP contribution is 2.15. The Morgan fingerprint density at radius 2 is 1.31 bits per heavy atom. The van der Waals surface area contributed by atoms with Gasteiger partial charge in [0.15, 0.2) is 12.4 Å². The lowest BCUT2D eigenvalue weighted by atomic mass is 10.1. The zero-order valence-corrected chi connectivity index (χ0v) is 21.4. The van der Waals surface area contributed by atoms with Gasteiger partial charge in [0.05, 0.1) is 5.56 Å². The number of Topliss-reactive ketones (excluding diaryl/α,β-unsaturated/α-hetero) is 1. The minimum atomic E-state index is -0.660. The second-order valence-electron chi connectivity index (χ2n) is 8.97. The normalized spacial score (nSPS) is 10.5. The van der Waals surface area contributed by atoms with Crippen LogP contribution in [-0.2, 0) is 14.3 Å². The van der Waals surface area contributed by atoms with Crippen LogP contribution in [0.15, 0.2) is 48.5 Å². The van der Waals surface area contributed by atoms with Crippen molar-refractivity contribution in [1.82, 2.24) is 0 Å². The Kier molecular flexibility index (Phi) is 13.0. The van der Waals surface area contributed by atoms with Crippen LogP contribution in [0.4, 0.5) is 11.4 Å². The van der Waals surface area contributed by atoms with Crippen LogP contribution in [0.5, 0.6) is 0 Å². The molecule has 0 aromatic heterocycles. The molecule has 0 aliphatic rings. The Hall–Kier alpha value is -3.48. The van der Waals surface area contributed by atoms with Crippen molar-refractivity contribution in [2.45, 2.75) is 78.1 Å². The Morgan fingerprint density at radius 1 is 0.694 bits per heavy atom. The van der Waals surface area contributed by atoms with Crippen molar-refractivity contribution in [2.75, 3.05) is 17.2 Å². The number of benzene rings is 2. The number of anilines is 2. The molecule has 36 heavy (non-hydrogen) atoms. The van der Waals surface area contributed by atoms with Crippen molar-refractivity contribution >= 4 is 34.9 Å². The molecule has 2 rings (SSSR count). The van der Waals surface area contributed by atoms with Crippen molar-refractivity contribution in [1.29, 1.82) is 0 Å². The van der Waals surface area contributed by atoms with Crippen LogP contribution in [0.25, 0.3) is 0 Å². The van der Waals surface area contributed by atoms with Crippen LogP contribution in [0.1, 0.15) is 98.8 Å². The Morgan fingerprint density at radius 3 is 1.94 bits per heavy atom. The van der Waals surface area contributed by atoms with E-state index in [1.54, 1.807) is 42.5 Å². The molecule has 0 bridgehead atoms. The summed E-state index contributed by atoms with van der Waals surface area (Å²) in [6, 6.07) is 12.9. The number of carbonyl (C=O) groups excluding carboxylic acids is 4. The average molecular weight is 495 g/mol. The highest BCUT2D eigenvalue weighted by molar-refractivity contribution is 5.98. The molecule has 0 atom stereocenters. The zero-order chi connectivity index (χ0) is 26.2. The quantitative estimate of drug-likeness (QED) is 0.157. The van der Waals surface area contributed by atoms with E-state index in [1.807, 2.05) is 0 Å². The van der Waals surface area contributed by atoms with Crippen molar-refractivity contribution < 1.29 is 23.9 Å². The SMILES string of the molecule is CCCCCCCCCCCC(=O)Nc1cccc(C(=O)OCC(=O)Nc2ccc(C(C)=O)cc2)c1. The third kappa shape index (κ3) is 11.3. The molecule has 194 valence electrons. The van der Waals surface area contributed by atoms with E-state index in [0.717, 1.165) is 19.3 Å². The molecule has 0 saturated carbocycles. The fourth-order valence-electron chi connectivity index (χ4n) is 3.74. The molecule has 7 heteroatoms. The Bertz CT molecular complexity index is 1000. The van der Waals surface area contributed by atoms with E-state index in [9.17, 15) is 19.2 Å². The number of hydrogen-bond acceptors (Lipinski definition) is 5. The monoisotopic (exact) mass is 494 g/mol. The van der Waals surface area contributed by atoms with E-state index in [4.69, 9.17) is 4.74 Å². The van der Waals surface area contributed by atoms with Gasteiger partial charge in [-0.05, 0) is 55.8 Å². The van der Waals surface area contributed by atoms with E-state index in [0.29, 0.717) is 23.4 Å². The first-order valence-corrected chi connectivity index (χ1v) is 12.9. The first kappa shape index (κ1) is 28.8. The van der Waals surface area contributed by atoms with Crippen LogP contribution in [0.2, 0.25) is 0 Å².